The molecule has 0 heterocycles. The molecule has 0 amide bonds. The van der Waals surface area contributed by atoms with Gasteiger partial charge in [0, 0.05) is 12.2 Å². The van der Waals surface area contributed by atoms with Crippen molar-refractivity contribution in [3.63, 3.8) is 0 Å². The van der Waals surface area contributed by atoms with Gasteiger partial charge in [-0.1, -0.05) is 0 Å². The van der Waals surface area contributed by atoms with Crippen LogP contribution in [0.5, 0.6) is 0 Å². The predicted octanol–water partition coefficient (Wildman–Crippen LogP) is 2.58. The van der Waals surface area contributed by atoms with Crippen LogP contribution in [-0.2, 0) is 0 Å². The van der Waals surface area contributed by atoms with E-state index in [1.807, 2.05) is 13.0 Å². The number of benzene rings is 1. The van der Waals surface area contributed by atoms with Crippen LogP contribution in [0.15, 0.2) is 29.3 Å². The van der Waals surface area contributed by atoms with Crippen LogP contribution in [0.25, 0.3) is 0 Å². The number of nitrogens with zero attached hydrogens (tertiary/aromatic N) is 2. The first-order valence-corrected chi connectivity index (χ1v) is 4.61. The Balaban J connectivity index is 2.70. The van der Waals surface area contributed by atoms with E-state index in [1.54, 1.807) is 24.3 Å². The summed E-state index contributed by atoms with van der Waals surface area (Å²) in [5, 5.41) is 11.8. The fourth-order valence-corrected chi connectivity index (χ4v) is 1.15. The number of rotatable bonds is 2. The van der Waals surface area contributed by atoms with Gasteiger partial charge in [-0.2, -0.15) is 5.26 Å². The molecule has 0 saturated heterocycles. The molecule has 0 fully saturated rings. The molecule has 4 heteroatoms. The first kappa shape index (κ1) is 10.6. The summed E-state index contributed by atoms with van der Waals surface area (Å²) >= 11 is 5.76. The molecule has 0 aromatic heterocycles. The minimum Gasteiger partial charge on any atom is -0.331 e. The summed E-state index contributed by atoms with van der Waals surface area (Å²) in [5.41, 5.74) is 1.45. The number of nitriles is 1. The molecule has 0 saturated carbocycles. The number of halogens is 1. The fraction of sp³-hybridized carbons (Fsp3) is 0.200. The highest BCUT2D eigenvalue weighted by Gasteiger charge is 1.95. The van der Waals surface area contributed by atoms with Crippen molar-refractivity contribution in [3.8, 4) is 6.07 Å². The second-order valence-corrected chi connectivity index (χ2v) is 2.94. The van der Waals surface area contributed by atoms with Crippen LogP contribution >= 0.6 is 11.6 Å². The van der Waals surface area contributed by atoms with E-state index in [1.165, 1.54) is 0 Å². The van der Waals surface area contributed by atoms with Gasteiger partial charge in [-0.3, -0.25) is 4.99 Å². The lowest BCUT2D eigenvalue weighted by Gasteiger charge is -2.02. The van der Waals surface area contributed by atoms with Crippen molar-refractivity contribution in [1.82, 2.24) is 0 Å². The first-order chi connectivity index (χ1) is 6.76. The maximum Gasteiger partial charge on any atom is 0.195 e. The SMILES string of the molecule is CCN=C(Cl)Nc1ccc(C#N)cc1. The number of amidine groups is 1. The lowest BCUT2D eigenvalue weighted by molar-refractivity contribution is 1.13. The van der Waals surface area contributed by atoms with E-state index in [4.69, 9.17) is 16.9 Å². The quantitative estimate of drug-likeness (QED) is 0.460. The molecule has 0 atom stereocenters. The van der Waals surface area contributed by atoms with Gasteiger partial charge >= 0.3 is 0 Å². The van der Waals surface area contributed by atoms with Gasteiger partial charge in [0.25, 0.3) is 0 Å². The molecule has 0 aliphatic carbocycles. The van der Waals surface area contributed by atoms with E-state index >= 15 is 0 Å². The Morgan fingerprint density at radius 3 is 2.64 bits per heavy atom. The van der Waals surface area contributed by atoms with Gasteiger partial charge in [0.2, 0.25) is 0 Å². The predicted molar refractivity (Wildman–Crippen MR) is 58.6 cm³/mol. The Hall–Kier alpha value is -1.53. The molecule has 3 nitrogen and oxygen atoms in total. The molecular formula is C10H10ClN3. The van der Waals surface area contributed by atoms with E-state index in [-0.39, 0.29) is 0 Å². The topological polar surface area (TPSA) is 48.2 Å². The minimum atomic E-state index is 0.359. The van der Waals surface area contributed by atoms with Crippen LogP contribution in [0.1, 0.15) is 12.5 Å². The monoisotopic (exact) mass is 207 g/mol. The Labute approximate surface area is 88.0 Å². The third-order valence-corrected chi connectivity index (χ3v) is 1.77. The van der Waals surface area contributed by atoms with Crippen LogP contribution in [0.4, 0.5) is 5.69 Å². The summed E-state index contributed by atoms with van der Waals surface area (Å²) in [6.45, 7) is 2.55. The van der Waals surface area contributed by atoms with Crippen LogP contribution in [-0.4, -0.2) is 11.8 Å². The maximum atomic E-state index is 8.57. The van der Waals surface area contributed by atoms with Gasteiger partial charge in [-0.25, -0.2) is 0 Å². The van der Waals surface area contributed by atoms with Crippen LogP contribution in [0, 0.1) is 11.3 Å². The lowest BCUT2D eigenvalue weighted by Crippen LogP contribution is -2.04. The zero-order chi connectivity index (χ0) is 10.4. The fourth-order valence-electron chi connectivity index (χ4n) is 0.926. The summed E-state index contributed by atoms with van der Waals surface area (Å²) < 4.78 is 0. The summed E-state index contributed by atoms with van der Waals surface area (Å²) in [7, 11) is 0. The molecule has 0 radical (unpaired) electrons. The van der Waals surface area contributed by atoms with E-state index in [0.717, 1.165) is 5.69 Å². The van der Waals surface area contributed by atoms with Crippen molar-refractivity contribution in [2.24, 2.45) is 4.99 Å². The van der Waals surface area contributed by atoms with E-state index < -0.39 is 0 Å². The van der Waals surface area contributed by atoms with Crippen molar-refractivity contribution in [3.05, 3.63) is 29.8 Å². The number of anilines is 1. The molecule has 1 rings (SSSR count). The molecule has 0 bridgehead atoms. The summed E-state index contributed by atoms with van der Waals surface area (Å²) in [5.74, 6) is 0. The van der Waals surface area contributed by atoms with Gasteiger partial charge in [0.1, 0.15) is 0 Å². The summed E-state index contributed by atoms with van der Waals surface area (Å²) in [6, 6.07) is 9.05. The normalized spacial score (nSPS) is 10.8. The van der Waals surface area contributed by atoms with Gasteiger partial charge in [0.15, 0.2) is 5.29 Å². The Kier molecular flexibility index (Phi) is 3.96. The molecule has 1 aromatic rings. The Morgan fingerprint density at radius 2 is 2.14 bits per heavy atom. The molecule has 0 unspecified atom stereocenters. The number of aliphatic imine (C=N–C) groups is 1. The number of nitrogens with one attached hydrogen (secondary N) is 1. The third kappa shape index (κ3) is 3.08. The van der Waals surface area contributed by atoms with Crippen LogP contribution in [0.3, 0.4) is 0 Å². The molecule has 0 aliphatic rings. The van der Waals surface area contributed by atoms with E-state index in [2.05, 4.69) is 10.3 Å². The average molecular weight is 208 g/mol. The Morgan fingerprint density at radius 1 is 1.50 bits per heavy atom. The number of hydrogen-bond donors (Lipinski definition) is 1. The van der Waals surface area contributed by atoms with Gasteiger partial charge in [-0.05, 0) is 42.8 Å². The van der Waals surface area contributed by atoms with Gasteiger partial charge < -0.3 is 5.32 Å². The molecule has 1 aromatic carbocycles. The standard InChI is InChI=1S/C10H10ClN3/c1-2-13-10(11)14-9-5-3-8(7-12)4-6-9/h3-6H,2H2,1H3,(H,13,14). The van der Waals surface area contributed by atoms with Crippen LogP contribution < -0.4 is 5.32 Å². The highest BCUT2D eigenvalue weighted by Crippen LogP contribution is 2.09. The molecular weight excluding hydrogens is 198 g/mol. The summed E-state index contributed by atoms with van der Waals surface area (Å²) in [4.78, 5) is 3.97. The van der Waals surface area contributed by atoms with Crippen molar-refractivity contribution in [2.75, 3.05) is 11.9 Å². The lowest BCUT2D eigenvalue weighted by atomic mass is 10.2. The van der Waals surface area contributed by atoms with Crippen LogP contribution in [0.2, 0.25) is 0 Å². The van der Waals surface area contributed by atoms with Gasteiger partial charge in [-0.15, -0.1) is 0 Å². The van der Waals surface area contributed by atoms with E-state index in [0.29, 0.717) is 17.4 Å². The zero-order valence-electron chi connectivity index (χ0n) is 7.79. The Bertz CT molecular complexity index is 362. The number of hydrogen-bond acceptors (Lipinski definition) is 2. The first-order valence-electron chi connectivity index (χ1n) is 4.23. The largest absolute Gasteiger partial charge is 0.331 e. The minimum absolute atomic E-state index is 0.359. The van der Waals surface area contributed by atoms with Crippen molar-refractivity contribution >= 4 is 22.6 Å². The molecule has 0 spiro atoms. The molecule has 0 aliphatic heterocycles. The van der Waals surface area contributed by atoms with Crippen molar-refractivity contribution < 1.29 is 0 Å². The molecule has 72 valence electrons. The average Bonchev–Trinajstić information content (AvgIpc) is 2.19. The van der Waals surface area contributed by atoms with Gasteiger partial charge in [0.05, 0.1) is 11.6 Å². The van der Waals surface area contributed by atoms with Crippen molar-refractivity contribution in [2.45, 2.75) is 6.92 Å². The molecule has 1 N–H and O–H groups in total. The summed E-state index contributed by atoms with van der Waals surface area (Å²) in [6.07, 6.45) is 0. The van der Waals surface area contributed by atoms with E-state index in [9.17, 15) is 0 Å². The maximum absolute atomic E-state index is 8.57. The second-order valence-electron chi connectivity index (χ2n) is 2.58. The third-order valence-electron chi connectivity index (χ3n) is 1.56. The highest BCUT2D eigenvalue weighted by molar-refractivity contribution is 6.67. The van der Waals surface area contributed by atoms with Crippen molar-refractivity contribution in [1.29, 1.82) is 5.26 Å². The second kappa shape index (κ2) is 5.25. The highest BCUT2D eigenvalue weighted by atomic mass is 35.5. The molecule has 14 heavy (non-hydrogen) atoms. The zero-order valence-corrected chi connectivity index (χ0v) is 8.54. The smallest absolute Gasteiger partial charge is 0.195 e.